The highest BCUT2D eigenvalue weighted by Gasteiger charge is 2.29. The van der Waals surface area contributed by atoms with E-state index >= 15 is 0 Å². The fraction of sp³-hybridized carbons (Fsp3) is 0.304. The number of benzene rings is 2. The molecule has 1 aliphatic heterocycles. The number of aromatic nitrogens is 2. The highest BCUT2D eigenvalue weighted by molar-refractivity contribution is 5.81. The van der Waals surface area contributed by atoms with E-state index in [0.717, 1.165) is 48.9 Å². The van der Waals surface area contributed by atoms with Crippen molar-refractivity contribution in [2.24, 2.45) is 0 Å². The van der Waals surface area contributed by atoms with Gasteiger partial charge in [-0.05, 0) is 67.5 Å². The number of halogens is 1. The van der Waals surface area contributed by atoms with E-state index in [-0.39, 0.29) is 11.9 Å². The van der Waals surface area contributed by atoms with Gasteiger partial charge in [-0.3, -0.25) is 0 Å². The second-order valence-corrected chi connectivity index (χ2v) is 7.59. The fourth-order valence-electron chi connectivity index (χ4n) is 4.20. The molecule has 1 fully saturated rings. The maximum atomic E-state index is 13.5. The molecule has 0 radical (unpaired) electrons. The molecular formula is C23H22FN3O2. The molecule has 148 valence electrons. The van der Waals surface area contributed by atoms with Crippen LogP contribution in [0.2, 0.25) is 0 Å². The summed E-state index contributed by atoms with van der Waals surface area (Å²) in [5.74, 6) is 0.0946. The van der Waals surface area contributed by atoms with Crippen LogP contribution in [0.15, 0.2) is 48.5 Å². The van der Waals surface area contributed by atoms with Gasteiger partial charge in [-0.1, -0.05) is 24.3 Å². The van der Waals surface area contributed by atoms with Crippen LogP contribution in [-0.4, -0.2) is 33.9 Å². The van der Waals surface area contributed by atoms with Gasteiger partial charge >= 0.3 is 6.09 Å². The van der Waals surface area contributed by atoms with E-state index in [1.54, 1.807) is 21.7 Å². The molecule has 1 aliphatic carbocycles. The second-order valence-electron chi connectivity index (χ2n) is 7.59. The lowest BCUT2D eigenvalue weighted by Crippen LogP contribution is -2.38. The van der Waals surface area contributed by atoms with E-state index in [9.17, 15) is 9.18 Å². The molecule has 3 aromatic rings. The summed E-state index contributed by atoms with van der Waals surface area (Å²) in [5.41, 5.74) is 4.69. The molecule has 0 N–H and O–H groups in total. The predicted octanol–water partition coefficient (Wildman–Crippen LogP) is 4.76. The van der Waals surface area contributed by atoms with Gasteiger partial charge in [-0.25, -0.2) is 9.18 Å². The maximum Gasteiger partial charge on any atom is 0.416 e. The summed E-state index contributed by atoms with van der Waals surface area (Å²) in [4.78, 5) is 14.7. The van der Waals surface area contributed by atoms with Crippen molar-refractivity contribution in [1.82, 2.24) is 14.7 Å². The minimum Gasteiger partial charge on any atom is -0.390 e. The Morgan fingerprint density at radius 1 is 0.966 bits per heavy atom. The Labute approximate surface area is 168 Å². The van der Waals surface area contributed by atoms with Crippen molar-refractivity contribution in [3.63, 3.8) is 0 Å². The van der Waals surface area contributed by atoms with Gasteiger partial charge in [-0.2, -0.15) is 9.78 Å². The first kappa shape index (κ1) is 17.9. The molecule has 1 saturated heterocycles. The summed E-state index contributed by atoms with van der Waals surface area (Å²) < 4.78 is 21.0. The van der Waals surface area contributed by atoms with Gasteiger partial charge in [0, 0.05) is 13.1 Å². The Hall–Kier alpha value is -3.15. The van der Waals surface area contributed by atoms with Gasteiger partial charge in [0.2, 0.25) is 5.88 Å². The molecule has 1 aromatic heterocycles. The molecule has 1 amide bonds. The van der Waals surface area contributed by atoms with E-state index in [4.69, 9.17) is 9.84 Å². The summed E-state index contributed by atoms with van der Waals surface area (Å²) in [7, 11) is 0. The minimum absolute atomic E-state index is 0.317. The number of rotatable bonds is 2. The average molecular weight is 391 g/mol. The van der Waals surface area contributed by atoms with Crippen LogP contribution >= 0.6 is 0 Å². The largest absolute Gasteiger partial charge is 0.416 e. The van der Waals surface area contributed by atoms with Crippen molar-refractivity contribution in [3.05, 3.63) is 65.6 Å². The Morgan fingerprint density at radius 2 is 1.72 bits per heavy atom. The van der Waals surface area contributed by atoms with Crippen molar-refractivity contribution in [1.29, 1.82) is 0 Å². The topological polar surface area (TPSA) is 47.4 Å². The Bertz CT molecular complexity index is 1050. The van der Waals surface area contributed by atoms with Gasteiger partial charge in [0.1, 0.15) is 5.82 Å². The predicted molar refractivity (Wildman–Crippen MR) is 108 cm³/mol. The van der Waals surface area contributed by atoms with Crippen LogP contribution in [0.1, 0.15) is 30.5 Å². The normalized spacial score (nSPS) is 15.6. The van der Waals surface area contributed by atoms with Crippen molar-refractivity contribution in [2.45, 2.75) is 32.1 Å². The third kappa shape index (κ3) is 3.28. The molecule has 0 spiro atoms. The van der Waals surface area contributed by atoms with E-state index in [2.05, 4.69) is 6.07 Å². The lowest BCUT2D eigenvalue weighted by Gasteiger charge is -2.26. The van der Waals surface area contributed by atoms with E-state index < -0.39 is 0 Å². The third-order valence-electron chi connectivity index (χ3n) is 5.70. The van der Waals surface area contributed by atoms with E-state index in [1.807, 2.05) is 18.2 Å². The summed E-state index contributed by atoms with van der Waals surface area (Å²) in [6.07, 6.45) is 4.44. The van der Waals surface area contributed by atoms with Gasteiger partial charge in [0.15, 0.2) is 0 Å². The zero-order valence-electron chi connectivity index (χ0n) is 16.1. The molecule has 5 rings (SSSR count). The molecule has 29 heavy (non-hydrogen) atoms. The number of likely N-dealkylation sites (tertiary alicyclic amines) is 1. The number of piperidine rings is 1. The number of aryl methyl sites for hydroxylation is 2. The molecule has 6 heteroatoms. The number of amides is 1. The lowest BCUT2D eigenvalue weighted by molar-refractivity contribution is 0.140. The van der Waals surface area contributed by atoms with Crippen LogP contribution in [0.4, 0.5) is 9.18 Å². The summed E-state index contributed by atoms with van der Waals surface area (Å²) in [6, 6.07) is 14.2. The van der Waals surface area contributed by atoms with Crippen LogP contribution in [0.25, 0.3) is 16.8 Å². The van der Waals surface area contributed by atoms with E-state index in [1.165, 1.54) is 17.7 Å². The lowest BCUT2D eigenvalue weighted by atomic mass is 9.90. The summed E-state index contributed by atoms with van der Waals surface area (Å²) in [5, 5.41) is 4.75. The van der Waals surface area contributed by atoms with Gasteiger partial charge in [0.25, 0.3) is 0 Å². The minimum atomic E-state index is -0.348. The number of hydrogen-bond donors (Lipinski definition) is 0. The number of hydrogen-bond acceptors (Lipinski definition) is 3. The SMILES string of the molecule is O=C(Oc1c2c(nn1-c1ccc(F)cc1)CCc1ccccc1-2)N1CCCCC1. The van der Waals surface area contributed by atoms with Crippen molar-refractivity contribution in [2.75, 3.05) is 13.1 Å². The highest BCUT2D eigenvalue weighted by atomic mass is 19.1. The molecular weight excluding hydrogens is 369 g/mol. The second kappa shape index (κ2) is 7.35. The molecule has 5 nitrogen and oxygen atoms in total. The monoisotopic (exact) mass is 391 g/mol. The first-order chi connectivity index (χ1) is 14.2. The zero-order chi connectivity index (χ0) is 19.8. The number of carbonyl (C=O) groups excluding carboxylic acids is 1. The number of carbonyl (C=O) groups is 1. The van der Waals surface area contributed by atoms with E-state index in [0.29, 0.717) is 24.7 Å². The van der Waals surface area contributed by atoms with Crippen molar-refractivity contribution >= 4 is 6.09 Å². The molecule has 2 aliphatic rings. The van der Waals surface area contributed by atoms with Gasteiger partial charge < -0.3 is 9.64 Å². The number of ether oxygens (including phenoxy) is 1. The summed E-state index contributed by atoms with van der Waals surface area (Å²) in [6.45, 7) is 1.42. The van der Waals surface area contributed by atoms with Gasteiger partial charge in [0.05, 0.1) is 16.9 Å². The quantitative estimate of drug-likeness (QED) is 0.633. The molecule has 0 bridgehead atoms. The number of fused-ring (bicyclic) bond motifs is 3. The fourth-order valence-corrected chi connectivity index (χ4v) is 4.20. The highest BCUT2D eigenvalue weighted by Crippen LogP contribution is 2.41. The Kier molecular flexibility index (Phi) is 4.54. The standard InChI is InChI=1S/C23H22FN3O2/c24-17-9-11-18(12-10-17)27-22(29-23(28)26-14-4-1-5-15-26)21-19-7-3-2-6-16(19)8-13-20(21)25-27/h2-3,6-7,9-12H,1,4-5,8,13-15H2. The third-order valence-corrected chi connectivity index (χ3v) is 5.70. The van der Waals surface area contributed by atoms with Crippen LogP contribution in [-0.2, 0) is 12.8 Å². The molecule has 0 saturated carbocycles. The maximum absolute atomic E-state index is 13.5. The van der Waals surface area contributed by atoms with Crippen LogP contribution in [0.5, 0.6) is 5.88 Å². The van der Waals surface area contributed by atoms with Crippen LogP contribution in [0.3, 0.4) is 0 Å². The molecule has 2 heterocycles. The van der Waals surface area contributed by atoms with Gasteiger partial charge in [-0.15, -0.1) is 0 Å². The van der Waals surface area contributed by atoms with Crippen molar-refractivity contribution < 1.29 is 13.9 Å². The van der Waals surface area contributed by atoms with Crippen LogP contribution < -0.4 is 4.74 Å². The Morgan fingerprint density at radius 3 is 2.52 bits per heavy atom. The first-order valence-electron chi connectivity index (χ1n) is 10.1. The number of nitrogens with zero attached hydrogens (tertiary/aromatic N) is 3. The average Bonchev–Trinajstić information content (AvgIpc) is 3.13. The zero-order valence-corrected chi connectivity index (χ0v) is 16.1. The Balaban J connectivity index is 1.61. The first-order valence-corrected chi connectivity index (χ1v) is 10.1. The van der Waals surface area contributed by atoms with Crippen LogP contribution in [0, 0.1) is 5.82 Å². The molecule has 2 aromatic carbocycles. The smallest absolute Gasteiger partial charge is 0.390 e. The molecule has 0 unspecified atom stereocenters. The van der Waals surface area contributed by atoms with Crippen molar-refractivity contribution in [3.8, 4) is 22.7 Å². The summed E-state index contributed by atoms with van der Waals surface area (Å²) >= 11 is 0. The molecule has 0 atom stereocenters.